The van der Waals surface area contributed by atoms with Crippen LogP contribution in [0.2, 0.25) is 5.02 Å². The summed E-state index contributed by atoms with van der Waals surface area (Å²) < 4.78 is 36.6. The van der Waals surface area contributed by atoms with E-state index in [1.54, 1.807) is 12.1 Å². The number of sulfone groups is 1. The van der Waals surface area contributed by atoms with E-state index in [0.717, 1.165) is 12.3 Å². The van der Waals surface area contributed by atoms with Crippen molar-refractivity contribution in [1.82, 2.24) is 4.98 Å². The van der Waals surface area contributed by atoms with Gasteiger partial charge in [-0.15, -0.1) is 0 Å². The smallest absolute Gasteiger partial charge is 0.175 e. The van der Waals surface area contributed by atoms with Crippen molar-refractivity contribution in [1.29, 1.82) is 0 Å². The summed E-state index contributed by atoms with van der Waals surface area (Å²) in [6.45, 7) is 0. The van der Waals surface area contributed by atoms with E-state index < -0.39 is 21.4 Å². The highest BCUT2D eigenvalue weighted by atomic mass is 35.5. The van der Waals surface area contributed by atoms with Crippen molar-refractivity contribution in [2.75, 3.05) is 11.6 Å². The maximum Gasteiger partial charge on any atom is 0.175 e. The van der Waals surface area contributed by atoms with Gasteiger partial charge in [-0.05, 0) is 30.3 Å². The van der Waals surface area contributed by atoms with Gasteiger partial charge in [-0.1, -0.05) is 11.6 Å². The molecule has 0 atom stereocenters. The first-order valence-electron chi connectivity index (χ1n) is 6.79. The molecule has 0 aliphatic rings. The van der Waals surface area contributed by atoms with Crippen LogP contribution in [-0.4, -0.2) is 24.8 Å². The molecule has 3 aromatic rings. The number of phenols is 1. The zero-order chi connectivity index (χ0) is 17.5. The predicted molar refractivity (Wildman–Crippen MR) is 91.2 cm³/mol. The lowest BCUT2D eigenvalue weighted by Crippen LogP contribution is -1.98. The van der Waals surface area contributed by atoms with Gasteiger partial charge in [0.15, 0.2) is 21.4 Å². The molecule has 0 amide bonds. The molecule has 5 nitrogen and oxygen atoms in total. The van der Waals surface area contributed by atoms with Crippen molar-refractivity contribution in [2.45, 2.75) is 4.90 Å². The number of halogens is 2. The fraction of sp³-hybridized carbons (Fsp3) is 0.0625. The van der Waals surface area contributed by atoms with Crippen molar-refractivity contribution < 1.29 is 17.9 Å². The molecule has 2 N–H and O–H groups in total. The number of aromatic nitrogens is 1. The molecule has 2 aromatic carbocycles. The van der Waals surface area contributed by atoms with E-state index in [2.05, 4.69) is 10.3 Å². The Bertz CT molecular complexity index is 1050. The average Bonchev–Trinajstić information content (AvgIpc) is 2.51. The predicted octanol–water partition coefficient (Wildman–Crippen LogP) is 3.88. The molecule has 0 radical (unpaired) electrons. The molecule has 0 saturated heterocycles. The minimum absolute atomic E-state index is 0.100. The third-order valence-corrected chi connectivity index (χ3v) is 4.87. The van der Waals surface area contributed by atoms with Crippen LogP contribution in [0, 0.1) is 5.82 Å². The third-order valence-electron chi connectivity index (χ3n) is 3.45. The van der Waals surface area contributed by atoms with Crippen LogP contribution < -0.4 is 5.32 Å². The molecule has 1 aromatic heterocycles. The lowest BCUT2D eigenvalue weighted by atomic mass is 10.1. The van der Waals surface area contributed by atoms with Crippen molar-refractivity contribution >= 4 is 43.7 Å². The van der Waals surface area contributed by atoms with Crippen LogP contribution in [-0.2, 0) is 9.84 Å². The van der Waals surface area contributed by atoms with E-state index >= 15 is 0 Å². The van der Waals surface area contributed by atoms with Crippen LogP contribution in [0.4, 0.5) is 15.8 Å². The van der Waals surface area contributed by atoms with Gasteiger partial charge in [0.05, 0.1) is 21.1 Å². The first kappa shape index (κ1) is 16.5. The summed E-state index contributed by atoms with van der Waals surface area (Å²) in [5, 5.41) is 13.2. The van der Waals surface area contributed by atoms with Crippen LogP contribution >= 0.6 is 11.6 Å². The molecule has 0 bridgehead atoms. The van der Waals surface area contributed by atoms with Gasteiger partial charge in [0.2, 0.25) is 0 Å². The Morgan fingerprint density at radius 2 is 1.92 bits per heavy atom. The Balaban J connectivity index is 2.09. The summed E-state index contributed by atoms with van der Waals surface area (Å²) in [5.41, 5.74) is 1.38. The molecule has 8 heteroatoms. The van der Waals surface area contributed by atoms with Gasteiger partial charge in [-0.2, -0.15) is 0 Å². The van der Waals surface area contributed by atoms with E-state index in [1.165, 1.54) is 24.4 Å². The average molecular weight is 367 g/mol. The van der Waals surface area contributed by atoms with Crippen molar-refractivity contribution in [3.05, 3.63) is 53.4 Å². The van der Waals surface area contributed by atoms with Crippen molar-refractivity contribution in [3.8, 4) is 5.75 Å². The van der Waals surface area contributed by atoms with Gasteiger partial charge in [0.1, 0.15) is 0 Å². The summed E-state index contributed by atoms with van der Waals surface area (Å²) in [5.74, 6) is -1.34. The summed E-state index contributed by atoms with van der Waals surface area (Å²) in [4.78, 5) is 4.33. The maximum atomic E-state index is 13.3. The van der Waals surface area contributed by atoms with Crippen LogP contribution in [0.3, 0.4) is 0 Å². The van der Waals surface area contributed by atoms with Gasteiger partial charge >= 0.3 is 0 Å². The molecule has 1 heterocycles. The molecule has 0 aliphatic carbocycles. The summed E-state index contributed by atoms with van der Waals surface area (Å²) in [6, 6.07) is 8.42. The normalized spacial score (nSPS) is 11.6. The monoisotopic (exact) mass is 366 g/mol. The number of rotatable bonds is 3. The second-order valence-corrected chi connectivity index (χ2v) is 7.64. The Kier molecular flexibility index (Phi) is 4.06. The number of nitrogens with zero attached hydrogens (tertiary/aromatic N) is 1. The number of hydrogen-bond acceptors (Lipinski definition) is 5. The molecule has 3 rings (SSSR count). The van der Waals surface area contributed by atoms with Gasteiger partial charge in [-0.25, -0.2) is 12.8 Å². The lowest BCUT2D eigenvalue weighted by Gasteiger charge is -2.12. The minimum Gasteiger partial charge on any atom is -0.505 e. The van der Waals surface area contributed by atoms with Crippen LogP contribution in [0.15, 0.2) is 47.5 Å². The third kappa shape index (κ3) is 3.13. The highest BCUT2D eigenvalue weighted by Gasteiger charge is 2.12. The zero-order valence-corrected chi connectivity index (χ0v) is 14.0. The number of fused-ring (bicyclic) bond motifs is 1. The second kappa shape index (κ2) is 5.92. The molecule has 0 aliphatic heterocycles. The molecule has 0 fully saturated rings. The van der Waals surface area contributed by atoms with Crippen molar-refractivity contribution in [3.63, 3.8) is 0 Å². The lowest BCUT2D eigenvalue weighted by molar-refractivity contribution is 0.433. The number of nitrogens with one attached hydrogen (secondary N) is 1. The van der Waals surface area contributed by atoms with Crippen molar-refractivity contribution in [2.24, 2.45) is 0 Å². The maximum absolute atomic E-state index is 13.3. The minimum atomic E-state index is -3.34. The fourth-order valence-corrected chi connectivity index (χ4v) is 3.08. The molecule has 0 unspecified atom stereocenters. The molecule has 0 saturated carbocycles. The quantitative estimate of drug-likeness (QED) is 0.735. The molecule has 0 spiro atoms. The second-order valence-electron chi connectivity index (χ2n) is 5.22. The first-order chi connectivity index (χ1) is 11.3. The van der Waals surface area contributed by atoms with Crippen LogP contribution in [0.25, 0.3) is 10.9 Å². The number of benzene rings is 2. The number of pyridine rings is 1. The highest BCUT2D eigenvalue weighted by Crippen LogP contribution is 2.33. The Labute approximate surface area is 142 Å². The highest BCUT2D eigenvalue weighted by molar-refractivity contribution is 7.90. The van der Waals surface area contributed by atoms with Gasteiger partial charge < -0.3 is 10.4 Å². The topological polar surface area (TPSA) is 79.3 Å². The molecule has 24 heavy (non-hydrogen) atoms. The Morgan fingerprint density at radius 1 is 1.17 bits per heavy atom. The molecular weight excluding hydrogens is 355 g/mol. The first-order valence-corrected chi connectivity index (χ1v) is 9.06. The van der Waals surface area contributed by atoms with Crippen LogP contribution in [0.1, 0.15) is 0 Å². The number of aromatic hydroxyl groups is 1. The van der Waals surface area contributed by atoms with E-state index in [0.29, 0.717) is 22.3 Å². The van der Waals surface area contributed by atoms with Gasteiger partial charge in [-0.3, -0.25) is 4.98 Å². The van der Waals surface area contributed by atoms with E-state index in [1.807, 2.05) is 0 Å². The van der Waals surface area contributed by atoms with E-state index in [-0.39, 0.29) is 9.92 Å². The largest absolute Gasteiger partial charge is 0.505 e. The fourth-order valence-electron chi connectivity index (χ4n) is 2.25. The number of phenolic OH excluding ortho intramolecular Hbond substituents is 1. The van der Waals surface area contributed by atoms with E-state index in [9.17, 15) is 17.9 Å². The summed E-state index contributed by atoms with van der Waals surface area (Å²) >= 11 is 5.98. The summed E-state index contributed by atoms with van der Waals surface area (Å²) in [6.07, 6.45) is 2.63. The van der Waals surface area contributed by atoms with Gasteiger partial charge in [0.25, 0.3) is 0 Å². The van der Waals surface area contributed by atoms with Gasteiger partial charge in [0, 0.05) is 29.6 Å². The zero-order valence-electron chi connectivity index (χ0n) is 12.4. The number of anilines is 2. The number of hydrogen-bond donors (Lipinski definition) is 2. The standard InChI is InChI=1S/C16H12ClFN2O3S/c1-24(22,23)9-2-3-10-13(4-5-19-14(10)6-9)20-15-8-16(21)12(18)7-11(15)17/h2-8,21H,1H3,(H,19,20). The SMILES string of the molecule is CS(=O)(=O)c1ccc2c(Nc3cc(O)c(F)cc3Cl)ccnc2c1. The summed E-state index contributed by atoms with van der Waals surface area (Å²) in [7, 11) is -3.34. The van der Waals surface area contributed by atoms with E-state index in [4.69, 9.17) is 11.6 Å². The Morgan fingerprint density at radius 3 is 2.62 bits per heavy atom. The molecular formula is C16H12ClFN2O3S. The molecule has 124 valence electrons. The Hall–Kier alpha value is -2.38. The van der Waals surface area contributed by atoms with Crippen LogP contribution in [0.5, 0.6) is 5.75 Å².